The van der Waals surface area contributed by atoms with Gasteiger partial charge in [-0.2, -0.15) is 4.31 Å². The molecule has 10 heteroatoms. The van der Waals surface area contributed by atoms with Crippen molar-refractivity contribution in [3.63, 3.8) is 0 Å². The minimum Gasteiger partial charge on any atom is -0.325 e. The van der Waals surface area contributed by atoms with Gasteiger partial charge in [-0.3, -0.25) is 14.5 Å². The first kappa shape index (κ1) is 24.9. The number of benzene rings is 2. The highest BCUT2D eigenvalue weighted by atomic mass is 32.2. The Morgan fingerprint density at radius 2 is 1.60 bits per heavy atom. The van der Waals surface area contributed by atoms with Gasteiger partial charge in [-0.25, -0.2) is 13.2 Å². The number of urea groups is 1. The summed E-state index contributed by atoms with van der Waals surface area (Å²) in [6.45, 7) is 2.37. The summed E-state index contributed by atoms with van der Waals surface area (Å²) in [5, 5.41) is 5.39. The first-order chi connectivity index (χ1) is 16.8. The third kappa shape index (κ3) is 4.94. The summed E-state index contributed by atoms with van der Waals surface area (Å²) >= 11 is 0. The standard InChI is InChI=1S/C25H30N4O5S/c1-2-25(19-10-6-5-7-11-19)23(31)29(24(32)27-25)18-22(30)26-20-12-14-21(15-13-20)35(33,34)28-16-8-3-4-9-17-28/h5-7,10-15H,2-4,8-9,16-18H2,1H3,(H,26,30)(H,27,32). The number of amides is 4. The minimum absolute atomic E-state index is 0.169. The Morgan fingerprint density at radius 1 is 0.971 bits per heavy atom. The van der Waals surface area contributed by atoms with Crippen molar-refractivity contribution in [1.82, 2.24) is 14.5 Å². The predicted octanol–water partition coefficient (Wildman–Crippen LogP) is 3.05. The number of carbonyl (C=O) groups is 3. The van der Waals surface area contributed by atoms with Crippen molar-refractivity contribution in [2.45, 2.75) is 49.5 Å². The summed E-state index contributed by atoms with van der Waals surface area (Å²) in [6, 6.07) is 14.3. The number of imide groups is 1. The molecule has 4 rings (SSSR count). The Labute approximate surface area is 205 Å². The van der Waals surface area contributed by atoms with Crippen molar-refractivity contribution >= 4 is 33.6 Å². The molecular weight excluding hydrogens is 468 g/mol. The lowest BCUT2D eigenvalue weighted by molar-refractivity contribution is -0.134. The van der Waals surface area contributed by atoms with Gasteiger partial charge < -0.3 is 10.6 Å². The van der Waals surface area contributed by atoms with Gasteiger partial charge in [0, 0.05) is 18.8 Å². The SMILES string of the molecule is CCC1(c2ccccc2)NC(=O)N(CC(=O)Nc2ccc(S(=O)(=O)N3CCCCCC3)cc2)C1=O. The molecule has 35 heavy (non-hydrogen) atoms. The average Bonchev–Trinajstić information content (AvgIpc) is 3.04. The van der Waals surface area contributed by atoms with Crippen LogP contribution >= 0.6 is 0 Å². The van der Waals surface area contributed by atoms with E-state index < -0.39 is 40.0 Å². The van der Waals surface area contributed by atoms with Gasteiger partial charge >= 0.3 is 6.03 Å². The average molecular weight is 499 g/mol. The molecule has 2 saturated heterocycles. The molecule has 4 amide bonds. The van der Waals surface area contributed by atoms with E-state index in [4.69, 9.17) is 0 Å². The number of nitrogens with zero attached hydrogens (tertiary/aromatic N) is 2. The number of hydrogen-bond acceptors (Lipinski definition) is 5. The molecule has 2 aliphatic rings. The lowest BCUT2D eigenvalue weighted by Crippen LogP contribution is -2.44. The van der Waals surface area contributed by atoms with Crippen LogP contribution in [0.5, 0.6) is 0 Å². The van der Waals surface area contributed by atoms with Crippen LogP contribution in [-0.4, -0.2) is 55.1 Å². The third-order valence-electron chi connectivity index (χ3n) is 6.62. The van der Waals surface area contributed by atoms with E-state index in [2.05, 4.69) is 10.6 Å². The Balaban J connectivity index is 1.42. The van der Waals surface area contributed by atoms with Crippen LogP contribution in [0.15, 0.2) is 59.5 Å². The lowest BCUT2D eigenvalue weighted by Gasteiger charge is -2.25. The fourth-order valence-electron chi connectivity index (χ4n) is 4.62. The monoisotopic (exact) mass is 498 g/mol. The highest BCUT2D eigenvalue weighted by Crippen LogP contribution is 2.32. The number of nitrogens with one attached hydrogen (secondary N) is 2. The molecule has 0 aromatic heterocycles. The first-order valence-electron chi connectivity index (χ1n) is 11.9. The predicted molar refractivity (Wildman–Crippen MR) is 131 cm³/mol. The third-order valence-corrected chi connectivity index (χ3v) is 8.53. The second-order valence-corrected chi connectivity index (χ2v) is 10.8. The maximum atomic E-state index is 13.2. The Bertz CT molecular complexity index is 1190. The molecule has 2 aromatic rings. The number of rotatable bonds is 7. The maximum absolute atomic E-state index is 13.2. The van der Waals surface area contributed by atoms with E-state index in [1.807, 2.05) is 6.07 Å². The molecule has 2 aromatic carbocycles. The molecule has 9 nitrogen and oxygen atoms in total. The molecule has 0 radical (unpaired) electrons. The molecule has 2 N–H and O–H groups in total. The molecule has 2 heterocycles. The van der Waals surface area contributed by atoms with Crippen molar-refractivity contribution < 1.29 is 22.8 Å². The van der Waals surface area contributed by atoms with Gasteiger partial charge in [-0.1, -0.05) is 50.1 Å². The Morgan fingerprint density at radius 3 is 2.20 bits per heavy atom. The highest BCUT2D eigenvalue weighted by molar-refractivity contribution is 7.89. The van der Waals surface area contributed by atoms with Crippen LogP contribution in [0.2, 0.25) is 0 Å². The number of carbonyl (C=O) groups excluding carboxylic acids is 3. The van der Waals surface area contributed by atoms with Gasteiger partial charge in [0.15, 0.2) is 0 Å². The molecule has 0 saturated carbocycles. The maximum Gasteiger partial charge on any atom is 0.325 e. The van der Waals surface area contributed by atoms with Crippen LogP contribution in [0.1, 0.15) is 44.6 Å². The molecule has 2 aliphatic heterocycles. The Hall–Kier alpha value is -3.24. The van der Waals surface area contributed by atoms with Crippen molar-refractivity contribution in [3.05, 3.63) is 60.2 Å². The van der Waals surface area contributed by atoms with Crippen LogP contribution in [0.4, 0.5) is 10.5 Å². The smallest absolute Gasteiger partial charge is 0.325 e. The van der Waals surface area contributed by atoms with Gasteiger partial charge in [-0.15, -0.1) is 0 Å². The molecule has 1 atom stereocenters. The van der Waals surface area contributed by atoms with Gasteiger partial charge in [0.1, 0.15) is 12.1 Å². The van der Waals surface area contributed by atoms with Crippen LogP contribution in [0, 0.1) is 0 Å². The van der Waals surface area contributed by atoms with E-state index in [9.17, 15) is 22.8 Å². The summed E-state index contributed by atoms with van der Waals surface area (Å²) in [4.78, 5) is 39.5. The summed E-state index contributed by atoms with van der Waals surface area (Å²) in [6.07, 6.45) is 4.09. The zero-order valence-electron chi connectivity index (χ0n) is 19.7. The zero-order valence-corrected chi connectivity index (χ0v) is 20.5. The minimum atomic E-state index is -3.59. The van der Waals surface area contributed by atoms with Crippen LogP contribution in [-0.2, 0) is 25.2 Å². The van der Waals surface area contributed by atoms with E-state index in [0.29, 0.717) is 30.8 Å². The van der Waals surface area contributed by atoms with Gasteiger partial charge in [0.2, 0.25) is 15.9 Å². The number of hydrogen-bond donors (Lipinski definition) is 2. The molecule has 186 valence electrons. The summed E-state index contributed by atoms with van der Waals surface area (Å²) in [5.41, 5.74) is -0.172. The van der Waals surface area contributed by atoms with Crippen LogP contribution < -0.4 is 10.6 Å². The van der Waals surface area contributed by atoms with Crippen molar-refractivity contribution in [2.24, 2.45) is 0 Å². The number of sulfonamides is 1. The van der Waals surface area contributed by atoms with Crippen molar-refractivity contribution in [3.8, 4) is 0 Å². The van der Waals surface area contributed by atoms with Crippen LogP contribution in [0.25, 0.3) is 0 Å². The molecular formula is C25H30N4O5S. The van der Waals surface area contributed by atoms with E-state index >= 15 is 0 Å². The molecule has 0 aliphatic carbocycles. The first-order valence-corrected chi connectivity index (χ1v) is 13.3. The van der Waals surface area contributed by atoms with Gasteiger partial charge in [-0.05, 0) is 49.1 Å². The van der Waals surface area contributed by atoms with Crippen molar-refractivity contribution in [2.75, 3.05) is 25.0 Å². The van der Waals surface area contributed by atoms with Gasteiger partial charge in [0.25, 0.3) is 5.91 Å². The van der Waals surface area contributed by atoms with Crippen LogP contribution in [0.3, 0.4) is 0 Å². The molecule has 2 fully saturated rings. The lowest BCUT2D eigenvalue weighted by atomic mass is 9.87. The molecule has 0 bridgehead atoms. The van der Waals surface area contributed by atoms with Gasteiger partial charge in [0.05, 0.1) is 4.90 Å². The van der Waals surface area contributed by atoms with E-state index in [-0.39, 0.29) is 4.90 Å². The quantitative estimate of drug-likeness (QED) is 0.570. The number of anilines is 1. The highest BCUT2D eigenvalue weighted by Gasteiger charge is 2.51. The molecule has 0 spiro atoms. The summed E-state index contributed by atoms with van der Waals surface area (Å²) in [7, 11) is -3.59. The topological polar surface area (TPSA) is 116 Å². The Kier molecular flexibility index (Phi) is 7.23. The van der Waals surface area contributed by atoms with E-state index in [1.54, 1.807) is 31.2 Å². The van der Waals surface area contributed by atoms with E-state index in [1.165, 1.54) is 28.6 Å². The van der Waals surface area contributed by atoms with Crippen molar-refractivity contribution in [1.29, 1.82) is 0 Å². The largest absolute Gasteiger partial charge is 0.325 e. The molecule has 1 unspecified atom stereocenters. The van der Waals surface area contributed by atoms with E-state index in [0.717, 1.165) is 30.6 Å². The fourth-order valence-corrected chi connectivity index (χ4v) is 6.13. The zero-order chi connectivity index (χ0) is 25.1. The second kappa shape index (κ2) is 10.2. The summed E-state index contributed by atoms with van der Waals surface area (Å²) in [5.74, 6) is -1.04. The normalized spacial score (nSPS) is 21.5. The fraction of sp³-hybridized carbons (Fsp3) is 0.400. The summed E-state index contributed by atoms with van der Waals surface area (Å²) < 4.78 is 27.4. The second-order valence-electron chi connectivity index (χ2n) is 8.84.